The number of nitrogens with one attached hydrogen (secondary N) is 4. The molecule has 0 bridgehead atoms. The fourth-order valence-corrected chi connectivity index (χ4v) is 5.49. The van der Waals surface area contributed by atoms with Crippen molar-refractivity contribution in [1.29, 1.82) is 0 Å². The van der Waals surface area contributed by atoms with Crippen LogP contribution in [0, 0.1) is 17.7 Å². The molecule has 6 nitrogen and oxygen atoms in total. The Morgan fingerprint density at radius 2 is 1.80 bits per heavy atom. The summed E-state index contributed by atoms with van der Waals surface area (Å²) >= 11 is 3.50. The van der Waals surface area contributed by atoms with Gasteiger partial charge in [-0.15, -0.1) is 0 Å². The highest BCUT2D eigenvalue weighted by Crippen LogP contribution is 2.44. The minimum absolute atomic E-state index is 0.0154. The third-order valence-corrected chi connectivity index (χ3v) is 7.49. The van der Waals surface area contributed by atoms with Crippen LogP contribution in [-0.4, -0.2) is 19.2 Å². The first-order chi connectivity index (χ1) is 17.0. The van der Waals surface area contributed by atoms with E-state index >= 15 is 0 Å². The topological polar surface area (TPSA) is 74.4 Å². The molecule has 182 valence electrons. The van der Waals surface area contributed by atoms with Crippen molar-refractivity contribution in [1.82, 2.24) is 21.5 Å². The molecule has 2 saturated heterocycles. The van der Waals surface area contributed by atoms with Gasteiger partial charge in [0.25, 0.3) is 0 Å². The zero-order chi connectivity index (χ0) is 24.4. The maximum absolute atomic E-state index is 13.6. The van der Waals surface area contributed by atoms with Gasteiger partial charge in [-0.1, -0.05) is 58.4 Å². The summed E-state index contributed by atoms with van der Waals surface area (Å²) in [7, 11) is 1.66. The molecule has 2 aliphatic rings. The molecule has 5 atom stereocenters. The number of amides is 1. The Morgan fingerprint density at radius 3 is 2.54 bits per heavy atom. The van der Waals surface area contributed by atoms with Crippen LogP contribution in [0.2, 0.25) is 0 Å². The van der Waals surface area contributed by atoms with Crippen molar-refractivity contribution >= 4 is 21.8 Å². The van der Waals surface area contributed by atoms with Gasteiger partial charge in [-0.05, 0) is 47.9 Å². The monoisotopic (exact) mass is 538 g/mol. The maximum Gasteiger partial charge on any atom is 0.223 e. The smallest absolute Gasteiger partial charge is 0.223 e. The van der Waals surface area contributed by atoms with Gasteiger partial charge in [0.15, 0.2) is 0 Å². The lowest BCUT2D eigenvalue weighted by Gasteiger charge is -2.40. The van der Waals surface area contributed by atoms with Crippen LogP contribution in [-0.2, 0) is 11.3 Å². The maximum atomic E-state index is 13.6. The summed E-state index contributed by atoms with van der Waals surface area (Å²) in [6, 6.07) is 22.2. The molecule has 0 radical (unpaired) electrons. The number of fused-ring (bicyclic) bond motifs is 1. The Kier molecular flexibility index (Phi) is 7.15. The van der Waals surface area contributed by atoms with Gasteiger partial charge in [0.2, 0.25) is 5.91 Å². The van der Waals surface area contributed by atoms with Crippen molar-refractivity contribution in [2.75, 3.05) is 7.11 Å². The van der Waals surface area contributed by atoms with E-state index in [4.69, 9.17) is 4.74 Å². The van der Waals surface area contributed by atoms with Crippen LogP contribution >= 0.6 is 15.9 Å². The molecule has 2 aliphatic heterocycles. The molecule has 1 amide bonds. The first-order valence-corrected chi connectivity index (χ1v) is 12.5. The number of hydrogen-bond acceptors (Lipinski definition) is 5. The lowest BCUT2D eigenvalue weighted by Crippen LogP contribution is -2.54. The number of ether oxygens (including phenoxy) is 1. The Balaban J connectivity index is 1.42. The van der Waals surface area contributed by atoms with Gasteiger partial charge < -0.3 is 10.1 Å². The summed E-state index contributed by atoms with van der Waals surface area (Å²) in [5.41, 5.74) is 9.81. The SMILES string of the molecule is COc1ccccc1C1CC(C(=O)NCc2ccc(F)cc2)C2C(NNC2c2ccc(Br)cc2)N1. The second-order valence-electron chi connectivity index (χ2n) is 9.02. The largest absolute Gasteiger partial charge is 0.496 e. The van der Waals surface area contributed by atoms with E-state index in [2.05, 4.69) is 49.5 Å². The summed E-state index contributed by atoms with van der Waals surface area (Å²) in [5.74, 6) is 0.201. The second-order valence-corrected chi connectivity index (χ2v) is 9.94. The Bertz CT molecular complexity index is 1170. The molecule has 5 rings (SSSR count). The van der Waals surface area contributed by atoms with E-state index in [1.54, 1.807) is 19.2 Å². The van der Waals surface area contributed by atoms with Crippen molar-refractivity contribution in [3.63, 3.8) is 0 Å². The Morgan fingerprint density at radius 1 is 1.06 bits per heavy atom. The lowest BCUT2D eigenvalue weighted by atomic mass is 9.74. The van der Waals surface area contributed by atoms with Crippen molar-refractivity contribution in [2.24, 2.45) is 11.8 Å². The highest BCUT2D eigenvalue weighted by Gasteiger charge is 2.49. The van der Waals surface area contributed by atoms with Crippen LogP contribution in [0.4, 0.5) is 4.39 Å². The van der Waals surface area contributed by atoms with Crippen LogP contribution in [0.15, 0.2) is 77.3 Å². The van der Waals surface area contributed by atoms with Crippen LogP contribution in [0.25, 0.3) is 0 Å². The van der Waals surface area contributed by atoms with E-state index in [-0.39, 0.29) is 41.8 Å². The van der Waals surface area contributed by atoms with E-state index in [1.807, 2.05) is 36.4 Å². The van der Waals surface area contributed by atoms with Crippen LogP contribution in [0.3, 0.4) is 0 Å². The first-order valence-electron chi connectivity index (χ1n) is 11.7. The number of hydrazine groups is 1. The zero-order valence-corrected chi connectivity index (χ0v) is 20.9. The van der Waals surface area contributed by atoms with Crippen molar-refractivity contribution in [3.8, 4) is 5.75 Å². The number of methoxy groups -OCH3 is 1. The number of carbonyl (C=O) groups excluding carboxylic acids is 1. The highest BCUT2D eigenvalue weighted by molar-refractivity contribution is 9.10. The van der Waals surface area contributed by atoms with Crippen molar-refractivity contribution < 1.29 is 13.9 Å². The average molecular weight is 539 g/mol. The van der Waals surface area contributed by atoms with Gasteiger partial charge in [-0.25, -0.2) is 15.2 Å². The first kappa shape index (κ1) is 23.9. The van der Waals surface area contributed by atoms with E-state index in [0.717, 1.165) is 26.9 Å². The van der Waals surface area contributed by atoms with Crippen LogP contribution in [0.1, 0.15) is 35.2 Å². The molecular weight excluding hydrogens is 511 g/mol. The normalized spacial score (nSPS) is 25.6. The molecule has 0 spiro atoms. The Hall–Kier alpha value is -2.78. The Labute approximate surface area is 212 Å². The fraction of sp³-hybridized carbons (Fsp3) is 0.296. The van der Waals surface area contributed by atoms with E-state index in [1.165, 1.54) is 12.1 Å². The van der Waals surface area contributed by atoms with Crippen molar-refractivity contribution in [3.05, 3.63) is 99.8 Å². The lowest BCUT2D eigenvalue weighted by molar-refractivity contribution is -0.129. The number of benzene rings is 3. The van der Waals surface area contributed by atoms with Gasteiger partial charge >= 0.3 is 0 Å². The van der Waals surface area contributed by atoms with E-state index in [9.17, 15) is 9.18 Å². The van der Waals surface area contributed by atoms with Gasteiger partial charge in [0.1, 0.15) is 11.6 Å². The highest BCUT2D eigenvalue weighted by atomic mass is 79.9. The summed E-state index contributed by atoms with van der Waals surface area (Å²) in [6.45, 7) is 0.351. The van der Waals surface area contributed by atoms with E-state index in [0.29, 0.717) is 13.0 Å². The number of piperidine rings is 1. The zero-order valence-electron chi connectivity index (χ0n) is 19.3. The minimum atomic E-state index is -0.290. The molecule has 8 heteroatoms. The van der Waals surface area contributed by atoms with Gasteiger partial charge in [-0.3, -0.25) is 10.1 Å². The number of halogens is 2. The number of hydrogen-bond donors (Lipinski definition) is 4. The van der Waals surface area contributed by atoms with Crippen LogP contribution in [0.5, 0.6) is 5.75 Å². The molecule has 0 aliphatic carbocycles. The summed E-state index contributed by atoms with van der Waals surface area (Å²) in [4.78, 5) is 13.6. The average Bonchev–Trinajstić information content (AvgIpc) is 3.32. The standard InChI is InChI=1S/C27H28BrFN4O2/c1-35-23-5-3-2-4-20(23)22-14-21(27(34)30-15-16-6-12-19(29)13-7-16)24-25(32-33-26(24)31-22)17-8-10-18(28)11-9-17/h2-13,21-22,24-26,31-33H,14-15H2,1H3,(H,30,34). The molecule has 0 saturated carbocycles. The van der Waals surface area contributed by atoms with Crippen LogP contribution < -0.4 is 26.2 Å². The van der Waals surface area contributed by atoms with Crippen molar-refractivity contribution in [2.45, 2.75) is 31.2 Å². The minimum Gasteiger partial charge on any atom is -0.496 e. The van der Waals surface area contributed by atoms with E-state index < -0.39 is 0 Å². The predicted octanol–water partition coefficient (Wildman–Crippen LogP) is 4.36. The summed E-state index contributed by atoms with van der Waals surface area (Å²) in [6.07, 6.45) is 0.501. The molecule has 2 fully saturated rings. The third-order valence-electron chi connectivity index (χ3n) is 6.96. The van der Waals surface area contributed by atoms with Gasteiger partial charge in [0, 0.05) is 34.5 Å². The molecular formula is C27H28BrFN4O2. The molecule has 4 N–H and O–H groups in total. The van der Waals surface area contributed by atoms with Gasteiger partial charge in [-0.2, -0.15) is 0 Å². The molecule has 3 aromatic carbocycles. The number of para-hydroxylation sites is 1. The molecule has 3 aromatic rings. The molecule has 35 heavy (non-hydrogen) atoms. The molecule has 2 heterocycles. The second kappa shape index (κ2) is 10.5. The molecule has 0 aromatic heterocycles. The quantitative estimate of drug-likeness (QED) is 0.375. The third kappa shape index (κ3) is 5.11. The number of rotatable bonds is 6. The summed E-state index contributed by atoms with van der Waals surface area (Å²) < 4.78 is 19.9. The predicted molar refractivity (Wildman–Crippen MR) is 136 cm³/mol. The fourth-order valence-electron chi connectivity index (χ4n) is 5.23. The number of carbonyl (C=O) groups is 1. The van der Waals surface area contributed by atoms with Gasteiger partial charge in [0.05, 0.1) is 19.3 Å². The molecule has 5 unspecified atom stereocenters. The summed E-state index contributed by atoms with van der Waals surface area (Å²) in [5, 5.41) is 6.80.